The fourth-order valence-corrected chi connectivity index (χ4v) is 2.52. The number of carbonyl (C=O) groups excluding carboxylic acids is 1. The summed E-state index contributed by atoms with van der Waals surface area (Å²) >= 11 is 0. The summed E-state index contributed by atoms with van der Waals surface area (Å²) in [6.07, 6.45) is 7.83. The van der Waals surface area contributed by atoms with E-state index in [1.54, 1.807) is 0 Å². The highest BCUT2D eigenvalue weighted by atomic mass is 16.2. The Balaban J connectivity index is 2.44. The molecule has 0 aromatic rings. The number of carbonyl (C=O) groups is 1. The average Bonchev–Trinajstić information content (AvgIpc) is 2.74. The van der Waals surface area contributed by atoms with E-state index < -0.39 is 0 Å². The lowest BCUT2D eigenvalue weighted by Crippen LogP contribution is -2.53. The molecular formula is C14H28N2O. The second kappa shape index (κ2) is 7.00. The van der Waals surface area contributed by atoms with Gasteiger partial charge in [-0.1, -0.05) is 33.1 Å². The molecule has 2 N–H and O–H groups in total. The Labute approximate surface area is 106 Å². The smallest absolute Gasteiger partial charge is 0.240 e. The Morgan fingerprint density at radius 3 is 2.65 bits per heavy atom. The van der Waals surface area contributed by atoms with Crippen LogP contribution in [0.25, 0.3) is 0 Å². The quantitative estimate of drug-likeness (QED) is 0.718. The molecule has 1 saturated heterocycles. The second-order valence-electron chi connectivity index (χ2n) is 5.46. The number of nitrogens with one attached hydrogen (secondary N) is 2. The molecule has 2 unspecified atom stereocenters. The van der Waals surface area contributed by atoms with E-state index in [1.165, 1.54) is 12.8 Å². The molecule has 0 aromatic heterocycles. The number of amides is 1. The van der Waals surface area contributed by atoms with Crippen molar-refractivity contribution in [1.82, 2.24) is 10.6 Å². The average molecular weight is 240 g/mol. The molecule has 0 spiro atoms. The Kier molecular flexibility index (Phi) is 5.96. The maximum Gasteiger partial charge on any atom is 0.240 e. The van der Waals surface area contributed by atoms with Crippen LogP contribution in [0.1, 0.15) is 65.7 Å². The van der Waals surface area contributed by atoms with Crippen LogP contribution < -0.4 is 10.6 Å². The van der Waals surface area contributed by atoms with Crippen molar-refractivity contribution in [2.45, 2.75) is 77.3 Å². The third-order valence-corrected chi connectivity index (χ3v) is 3.75. The van der Waals surface area contributed by atoms with Gasteiger partial charge < -0.3 is 10.6 Å². The molecule has 0 aromatic carbocycles. The van der Waals surface area contributed by atoms with Crippen molar-refractivity contribution in [3.05, 3.63) is 0 Å². The molecule has 0 aliphatic carbocycles. The third-order valence-electron chi connectivity index (χ3n) is 3.75. The van der Waals surface area contributed by atoms with Gasteiger partial charge in [-0.3, -0.25) is 4.79 Å². The van der Waals surface area contributed by atoms with Gasteiger partial charge in [-0.15, -0.1) is 0 Å². The lowest BCUT2D eigenvalue weighted by Gasteiger charge is -2.27. The molecule has 3 heteroatoms. The van der Waals surface area contributed by atoms with Crippen molar-refractivity contribution < 1.29 is 4.79 Å². The Morgan fingerprint density at radius 2 is 2.12 bits per heavy atom. The minimum Gasteiger partial charge on any atom is -0.352 e. The lowest BCUT2D eigenvalue weighted by molar-refractivity contribution is -0.127. The van der Waals surface area contributed by atoms with E-state index in [2.05, 4.69) is 24.5 Å². The predicted molar refractivity (Wildman–Crippen MR) is 72.0 cm³/mol. The van der Waals surface area contributed by atoms with E-state index >= 15 is 0 Å². The van der Waals surface area contributed by atoms with Gasteiger partial charge in [-0.2, -0.15) is 0 Å². The van der Waals surface area contributed by atoms with Crippen LogP contribution >= 0.6 is 0 Å². The van der Waals surface area contributed by atoms with Crippen LogP contribution in [-0.4, -0.2) is 24.0 Å². The normalized spacial score (nSPS) is 25.8. The van der Waals surface area contributed by atoms with Crippen LogP contribution in [0.2, 0.25) is 0 Å². The van der Waals surface area contributed by atoms with Gasteiger partial charge in [-0.25, -0.2) is 0 Å². The molecule has 1 amide bonds. The molecule has 1 fully saturated rings. The van der Waals surface area contributed by atoms with Gasteiger partial charge in [0.2, 0.25) is 5.91 Å². The van der Waals surface area contributed by atoms with E-state index in [0.29, 0.717) is 6.04 Å². The van der Waals surface area contributed by atoms with E-state index in [1.807, 2.05) is 6.92 Å². The summed E-state index contributed by atoms with van der Waals surface area (Å²) in [5.41, 5.74) is -0.321. The Hall–Kier alpha value is -0.570. The summed E-state index contributed by atoms with van der Waals surface area (Å²) in [7, 11) is 0. The van der Waals surface area contributed by atoms with Gasteiger partial charge in [0.25, 0.3) is 0 Å². The predicted octanol–water partition coefficient (Wildman–Crippen LogP) is 2.60. The number of hydrogen-bond donors (Lipinski definition) is 2. The van der Waals surface area contributed by atoms with Crippen molar-refractivity contribution in [3.8, 4) is 0 Å². The van der Waals surface area contributed by atoms with Gasteiger partial charge in [0, 0.05) is 6.04 Å². The number of rotatable bonds is 7. The number of unbranched alkanes of at least 4 members (excludes halogenated alkanes) is 1. The molecule has 0 radical (unpaired) electrons. The standard InChI is InChI=1S/C14H28N2O/c1-4-6-9-12(8-5-2)16-13(17)14(3)10-7-11-15-14/h12,15H,4-11H2,1-3H3,(H,16,17). The molecule has 3 nitrogen and oxygen atoms in total. The zero-order chi connectivity index (χ0) is 12.7. The topological polar surface area (TPSA) is 41.1 Å². The Bertz CT molecular complexity index is 234. The maximum absolute atomic E-state index is 12.2. The molecule has 1 aliphatic heterocycles. The van der Waals surface area contributed by atoms with E-state index in [-0.39, 0.29) is 11.4 Å². The van der Waals surface area contributed by atoms with Crippen LogP contribution in [0.15, 0.2) is 0 Å². The van der Waals surface area contributed by atoms with Gasteiger partial charge in [-0.05, 0) is 39.2 Å². The molecule has 1 heterocycles. The molecule has 0 saturated carbocycles. The first-order chi connectivity index (χ1) is 8.12. The zero-order valence-electron chi connectivity index (χ0n) is 11.6. The van der Waals surface area contributed by atoms with Crippen molar-refractivity contribution in [2.75, 3.05) is 6.54 Å². The first kappa shape index (κ1) is 14.5. The van der Waals surface area contributed by atoms with Crippen molar-refractivity contribution in [2.24, 2.45) is 0 Å². The van der Waals surface area contributed by atoms with Crippen LogP contribution in [0.3, 0.4) is 0 Å². The molecule has 2 atom stereocenters. The maximum atomic E-state index is 12.2. The van der Waals surface area contributed by atoms with E-state index in [0.717, 1.165) is 38.6 Å². The molecular weight excluding hydrogens is 212 g/mol. The summed E-state index contributed by atoms with van der Waals surface area (Å²) in [5, 5.41) is 6.56. The highest BCUT2D eigenvalue weighted by Gasteiger charge is 2.36. The SMILES string of the molecule is CCCCC(CCC)NC(=O)C1(C)CCCN1. The monoisotopic (exact) mass is 240 g/mol. The van der Waals surface area contributed by atoms with Crippen LogP contribution in [-0.2, 0) is 4.79 Å². The largest absolute Gasteiger partial charge is 0.352 e. The van der Waals surface area contributed by atoms with Crippen molar-refractivity contribution in [3.63, 3.8) is 0 Å². The Morgan fingerprint density at radius 1 is 1.35 bits per heavy atom. The van der Waals surface area contributed by atoms with Gasteiger partial charge in [0.05, 0.1) is 5.54 Å². The van der Waals surface area contributed by atoms with Gasteiger partial charge >= 0.3 is 0 Å². The minimum absolute atomic E-state index is 0.199. The summed E-state index contributed by atoms with van der Waals surface area (Å²) in [4.78, 5) is 12.2. The second-order valence-corrected chi connectivity index (χ2v) is 5.46. The number of hydrogen-bond acceptors (Lipinski definition) is 2. The summed E-state index contributed by atoms with van der Waals surface area (Å²) in [6, 6.07) is 0.367. The van der Waals surface area contributed by atoms with Gasteiger partial charge in [0.1, 0.15) is 0 Å². The van der Waals surface area contributed by atoms with Crippen LogP contribution in [0.5, 0.6) is 0 Å². The lowest BCUT2D eigenvalue weighted by atomic mass is 9.97. The van der Waals surface area contributed by atoms with Crippen LogP contribution in [0.4, 0.5) is 0 Å². The van der Waals surface area contributed by atoms with Crippen LogP contribution in [0, 0.1) is 0 Å². The molecule has 100 valence electrons. The molecule has 1 aliphatic rings. The summed E-state index contributed by atoms with van der Waals surface area (Å²) in [6.45, 7) is 7.38. The summed E-state index contributed by atoms with van der Waals surface area (Å²) < 4.78 is 0. The fraction of sp³-hybridized carbons (Fsp3) is 0.929. The minimum atomic E-state index is -0.321. The van der Waals surface area contributed by atoms with E-state index in [4.69, 9.17) is 0 Å². The van der Waals surface area contributed by atoms with Crippen molar-refractivity contribution >= 4 is 5.91 Å². The summed E-state index contributed by atoms with van der Waals surface area (Å²) in [5.74, 6) is 0.199. The van der Waals surface area contributed by atoms with Crippen molar-refractivity contribution in [1.29, 1.82) is 0 Å². The third kappa shape index (κ3) is 4.30. The highest BCUT2D eigenvalue weighted by Crippen LogP contribution is 2.19. The molecule has 1 rings (SSSR count). The molecule has 17 heavy (non-hydrogen) atoms. The highest BCUT2D eigenvalue weighted by molar-refractivity contribution is 5.86. The van der Waals surface area contributed by atoms with Gasteiger partial charge in [0.15, 0.2) is 0 Å². The first-order valence-corrected chi connectivity index (χ1v) is 7.18. The van der Waals surface area contributed by atoms with E-state index in [9.17, 15) is 4.79 Å². The molecule has 0 bridgehead atoms. The zero-order valence-corrected chi connectivity index (χ0v) is 11.6. The fourth-order valence-electron chi connectivity index (χ4n) is 2.52. The first-order valence-electron chi connectivity index (χ1n) is 7.18.